The highest BCUT2D eigenvalue weighted by Gasteiger charge is 2.16. The second-order valence-corrected chi connectivity index (χ2v) is 5.96. The second kappa shape index (κ2) is 7.41. The summed E-state index contributed by atoms with van der Waals surface area (Å²) in [5.74, 6) is -0.0165. The van der Waals surface area contributed by atoms with Crippen molar-refractivity contribution >= 4 is 23.2 Å². The van der Waals surface area contributed by atoms with Crippen molar-refractivity contribution in [1.82, 2.24) is 9.78 Å². The van der Waals surface area contributed by atoms with Crippen LogP contribution in [0.4, 0.5) is 5.69 Å². The molecule has 0 aliphatic rings. The number of carbonyl (C=O) groups excluding carboxylic acids is 1. The number of aromatic nitrogens is 2. The lowest BCUT2D eigenvalue weighted by Crippen LogP contribution is -2.27. The predicted octanol–water partition coefficient (Wildman–Crippen LogP) is 3.46. The number of halogens is 1. The van der Waals surface area contributed by atoms with Gasteiger partial charge < -0.3 is 10.1 Å². The Morgan fingerprint density at radius 3 is 2.65 bits per heavy atom. The first kappa shape index (κ1) is 17.7. The Morgan fingerprint density at radius 2 is 1.92 bits per heavy atom. The average Bonchev–Trinajstić information content (AvgIpc) is 2.63. The molecule has 0 bridgehead atoms. The van der Waals surface area contributed by atoms with Gasteiger partial charge in [-0.1, -0.05) is 29.8 Å². The highest BCUT2D eigenvalue weighted by Crippen LogP contribution is 2.20. The van der Waals surface area contributed by atoms with Crippen molar-refractivity contribution in [3.05, 3.63) is 81.2 Å². The summed E-state index contributed by atoms with van der Waals surface area (Å²) in [5, 5.41) is 7.34. The van der Waals surface area contributed by atoms with Crippen LogP contribution >= 0.6 is 11.6 Å². The molecule has 0 aliphatic carbocycles. The Balaban J connectivity index is 1.99. The Kier molecular flexibility index (Phi) is 5.04. The summed E-state index contributed by atoms with van der Waals surface area (Å²) >= 11 is 6.21. The maximum absolute atomic E-state index is 12.6. The number of nitrogens with one attached hydrogen (secondary N) is 1. The summed E-state index contributed by atoms with van der Waals surface area (Å²) in [7, 11) is 1.53. The maximum Gasteiger partial charge on any atom is 0.280 e. The van der Waals surface area contributed by atoms with E-state index in [9.17, 15) is 9.59 Å². The van der Waals surface area contributed by atoms with Crippen molar-refractivity contribution in [2.75, 3.05) is 12.4 Å². The predicted molar refractivity (Wildman–Crippen MR) is 101 cm³/mol. The maximum atomic E-state index is 12.6. The first-order valence-corrected chi connectivity index (χ1v) is 8.18. The number of hydrogen-bond donors (Lipinski definition) is 1. The molecule has 0 aliphatic heterocycles. The summed E-state index contributed by atoms with van der Waals surface area (Å²) in [6.45, 7) is 1.72. The number of carbonyl (C=O) groups is 1. The number of aryl methyl sites for hydroxylation is 1. The molecule has 1 heterocycles. The number of nitrogens with zero attached hydrogens (tertiary/aromatic N) is 2. The van der Waals surface area contributed by atoms with Crippen LogP contribution in [0, 0.1) is 6.92 Å². The molecule has 1 N–H and O–H groups in total. The van der Waals surface area contributed by atoms with Gasteiger partial charge in [0, 0.05) is 23.5 Å². The minimum atomic E-state index is -0.607. The van der Waals surface area contributed by atoms with E-state index in [2.05, 4.69) is 10.4 Å². The van der Waals surface area contributed by atoms with E-state index < -0.39 is 11.3 Å². The number of methoxy groups -OCH3 is 1. The number of hydrogen-bond acceptors (Lipinski definition) is 4. The molecule has 132 valence electrons. The third kappa shape index (κ3) is 3.60. The van der Waals surface area contributed by atoms with Crippen LogP contribution in [0.2, 0.25) is 5.02 Å². The molecule has 0 spiro atoms. The van der Waals surface area contributed by atoms with E-state index in [-0.39, 0.29) is 5.69 Å². The molecule has 0 saturated heterocycles. The average molecular weight is 370 g/mol. The number of para-hydroxylation sites is 1. The molecular weight excluding hydrogens is 354 g/mol. The first-order chi connectivity index (χ1) is 12.5. The summed E-state index contributed by atoms with van der Waals surface area (Å²) < 4.78 is 6.60. The first-order valence-electron chi connectivity index (χ1n) is 7.81. The summed E-state index contributed by atoms with van der Waals surface area (Å²) in [5.41, 5.74) is 0.966. The van der Waals surface area contributed by atoms with Gasteiger partial charge in [-0.15, -0.1) is 0 Å². The molecule has 6 nitrogen and oxygen atoms in total. The molecule has 0 radical (unpaired) electrons. The van der Waals surface area contributed by atoms with Gasteiger partial charge >= 0.3 is 0 Å². The fourth-order valence-corrected chi connectivity index (χ4v) is 2.68. The monoisotopic (exact) mass is 369 g/mol. The van der Waals surface area contributed by atoms with E-state index in [1.807, 2.05) is 0 Å². The Bertz CT molecular complexity index is 1030. The van der Waals surface area contributed by atoms with Crippen molar-refractivity contribution in [3.8, 4) is 11.4 Å². The highest BCUT2D eigenvalue weighted by atomic mass is 35.5. The van der Waals surface area contributed by atoms with Gasteiger partial charge in [0.1, 0.15) is 5.75 Å². The van der Waals surface area contributed by atoms with E-state index in [1.165, 1.54) is 17.9 Å². The quantitative estimate of drug-likeness (QED) is 0.764. The Morgan fingerprint density at radius 1 is 1.15 bits per heavy atom. The summed E-state index contributed by atoms with van der Waals surface area (Å²) in [6.07, 6.45) is 0. The highest BCUT2D eigenvalue weighted by molar-refractivity contribution is 6.32. The number of anilines is 1. The fraction of sp³-hybridized carbons (Fsp3) is 0.105. The second-order valence-electron chi connectivity index (χ2n) is 5.55. The van der Waals surface area contributed by atoms with E-state index in [0.717, 1.165) is 0 Å². The molecule has 1 aromatic heterocycles. The van der Waals surface area contributed by atoms with Crippen LogP contribution in [-0.4, -0.2) is 22.8 Å². The molecule has 0 atom stereocenters. The summed E-state index contributed by atoms with van der Waals surface area (Å²) in [4.78, 5) is 24.8. The smallest absolute Gasteiger partial charge is 0.280 e. The van der Waals surface area contributed by atoms with Gasteiger partial charge in [-0.05, 0) is 31.2 Å². The largest absolute Gasteiger partial charge is 0.497 e. The molecule has 3 rings (SSSR count). The zero-order valence-electron chi connectivity index (χ0n) is 14.2. The van der Waals surface area contributed by atoms with Crippen LogP contribution in [0.3, 0.4) is 0 Å². The minimum absolute atomic E-state index is 0.224. The van der Waals surface area contributed by atoms with Crippen molar-refractivity contribution in [3.63, 3.8) is 0 Å². The van der Waals surface area contributed by atoms with E-state index in [0.29, 0.717) is 27.8 Å². The number of ether oxygens (including phenoxy) is 1. The van der Waals surface area contributed by atoms with Crippen LogP contribution < -0.4 is 15.5 Å². The van der Waals surface area contributed by atoms with Crippen molar-refractivity contribution in [2.24, 2.45) is 0 Å². The van der Waals surface area contributed by atoms with Gasteiger partial charge in [-0.2, -0.15) is 5.10 Å². The lowest BCUT2D eigenvalue weighted by Gasteiger charge is -2.12. The third-order valence-electron chi connectivity index (χ3n) is 3.73. The van der Waals surface area contributed by atoms with Crippen LogP contribution in [0.5, 0.6) is 5.75 Å². The molecule has 26 heavy (non-hydrogen) atoms. The van der Waals surface area contributed by atoms with Crippen LogP contribution in [0.25, 0.3) is 5.69 Å². The lowest BCUT2D eigenvalue weighted by atomic mass is 10.2. The minimum Gasteiger partial charge on any atom is -0.497 e. The van der Waals surface area contributed by atoms with Gasteiger partial charge in [-0.3, -0.25) is 9.59 Å². The molecule has 0 unspecified atom stereocenters. The molecule has 7 heteroatoms. The fourth-order valence-electron chi connectivity index (χ4n) is 2.46. The zero-order valence-corrected chi connectivity index (χ0v) is 14.9. The van der Waals surface area contributed by atoms with Crippen LogP contribution in [0.15, 0.2) is 59.4 Å². The molecule has 3 aromatic rings. The Labute approximate surface area is 155 Å². The molecular formula is C19H16ClN3O3. The zero-order chi connectivity index (χ0) is 18.7. The van der Waals surface area contributed by atoms with Crippen LogP contribution in [-0.2, 0) is 0 Å². The van der Waals surface area contributed by atoms with Gasteiger partial charge in [-0.25, -0.2) is 4.68 Å². The van der Waals surface area contributed by atoms with Crippen molar-refractivity contribution in [1.29, 1.82) is 0 Å². The van der Waals surface area contributed by atoms with Crippen LogP contribution in [0.1, 0.15) is 16.2 Å². The van der Waals surface area contributed by atoms with Gasteiger partial charge in [0.15, 0.2) is 5.69 Å². The standard InChI is InChI=1S/C19H16ClN3O3/c1-12-10-17(24)18(22-23(12)16-9-4-3-8-15(16)20)19(25)21-13-6-5-7-14(11-13)26-2/h3-11H,1-2H3,(H,21,25). The Hall–Kier alpha value is -3.12. The van der Waals surface area contributed by atoms with Gasteiger partial charge in [0.25, 0.3) is 5.91 Å². The van der Waals surface area contributed by atoms with Crippen molar-refractivity contribution in [2.45, 2.75) is 6.92 Å². The molecule has 1 amide bonds. The van der Waals surface area contributed by atoms with Gasteiger partial charge in [0.2, 0.25) is 5.43 Å². The topological polar surface area (TPSA) is 73.2 Å². The number of amides is 1. The van der Waals surface area contributed by atoms with Gasteiger partial charge in [0.05, 0.1) is 17.8 Å². The van der Waals surface area contributed by atoms with E-state index >= 15 is 0 Å². The van der Waals surface area contributed by atoms with Crippen molar-refractivity contribution < 1.29 is 9.53 Å². The molecule has 0 fully saturated rings. The molecule has 2 aromatic carbocycles. The number of benzene rings is 2. The normalized spacial score (nSPS) is 10.4. The van der Waals surface area contributed by atoms with E-state index in [4.69, 9.17) is 16.3 Å². The SMILES string of the molecule is COc1cccc(NC(=O)c2nn(-c3ccccc3Cl)c(C)cc2=O)c1. The van der Waals surface area contributed by atoms with E-state index in [1.54, 1.807) is 55.5 Å². The molecule has 0 saturated carbocycles. The summed E-state index contributed by atoms with van der Waals surface area (Å²) in [6, 6.07) is 15.3. The third-order valence-corrected chi connectivity index (χ3v) is 4.05. The number of rotatable bonds is 4. The lowest BCUT2D eigenvalue weighted by molar-refractivity contribution is 0.101.